The number of nitrogens with zero attached hydrogens (tertiary/aromatic N) is 1. The Morgan fingerprint density at radius 2 is 2.44 bits per heavy atom. The second-order valence-electron chi connectivity index (χ2n) is 2.45. The van der Waals surface area contributed by atoms with Gasteiger partial charge in [0, 0.05) is 18.7 Å². The highest BCUT2D eigenvalue weighted by molar-refractivity contribution is 5.82. The number of likely N-dealkylation sites (tertiary alicyclic amines) is 1. The Bertz CT molecular complexity index is 151. The van der Waals surface area contributed by atoms with E-state index in [1.165, 1.54) is 0 Å². The molecule has 0 saturated carbocycles. The molecular formula is C7H11NO. The van der Waals surface area contributed by atoms with Gasteiger partial charge in [-0.1, -0.05) is 6.58 Å². The van der Waals surface area contributed by atoms with Gasteiger partial charge < -0.3 is 4.90 Å². The van der Waals surface area contributed by atoms with E-state index in [1.54, 1.807) is 0 Å². The van der Waals surface area contributed by atoms with Crippen LogP contribution in [0, 0.1) is 0 Å². The first kappa shape index (κ1) is 6.33. The fraction of sp³-hybridized carbons (Fsp3) is 0.571. The Balaban J connectivity index is 2.48. The Kier molecular flexibility index (Phi) is 1.56. The predicted octanol–water partition coefficient (Wildman–Crippen LogP) is 0.795. The molecule has 1 heterocycles. The third-order valence-corrected chi connectivity index (χ3v) is 1.57. The van der Waals surface area contributed by atoms with E-state index in [4.69, 9.17) is 0 Å². The Morgan fingerprint density at radius 1 is 1.78 bits per heavy atom. The van der Waals surface area contributed by atoms with Gasteiger partial charge in [-0.2, -0.15) is 0 Å². The van der Waals surface area contributed by atoms with Crippen molar-refractivity contribution in [2.24, 2.45) is 0 Å². The molecule has 2 heteroatoms. The molecule has 0 N–H and O–H groups in total. The average Bonchev–Trinajstić information content (AvgIpc) is 2.14. The van der Waals surface area contributed by atoms with Gasteiger partial charge in [-0.25, -0.2) is 0 Å². The van der Waals surface area contributed by atoms with Gasteiger partial charge in [0.05, 0.1) is 6.54 Å². The minimum Gasteiger partial charge on any atom is -0.368 e. The van der Waals surface area contributed by atoms with Gasteiger partial charge in [-0.05, 0) is 6.92 Å². The number of ketones is 1. The van der Waals surface area contributed by atoms with E-state index in [1.807, 2.05) is 11.8 Å². The van der Waals surface area contributed by atoms with E-state index in [-0.39, 0.29) is 0 Å². The summed E-state index contributed by atoms with van der Waals surface area (Å²) in [6, 6.07) is 0. The molecule has 1 fully saturated rings. The topological polar surface area (TPSA) is 20.3 Å². The molecule has 0 amide bonds. The maximum atomic E-state index is 10.7. The predicted molar refractivity (Wildman–Crippen MR) is 36.0 cm³/mol. The van der Waals surface area contributed by atoms with Crippen LogP contribution in [0.25, 0.3) is 0 Å². The van der Waals surface area contributed by atoms with Crippen LogP contribution in [0.3, 0.4) is 0 Å². The molecule has 1 aliphatic heterocycles. The first-order chi connectivity index (χ1) is 4.20. The van der Waals surface area contributed by atoms with Crippen LogP contribution in [-0.4, -0.2) is 23.8 Å². The number of carbonyl (C=O) groups is 1. The number of rotatable bonds is 1. The molecule has 0 atom stereocenters. The van der Waals surface area contributed by atoms with Gasteiger partial charge in [-0.15, -0.1) is 0 Å². The lowest BCUT2D eigenvalue weighted by molar-refractivity contribution is -0.116. The summed E-state index contributed by atoms with van der Waals surface area (Å²) < 4.78 is 0. The SMILES string of the molecule is C=C(C)N1CCC(=O)C1. The van der Waals surface area contributed by atoms with Crippen molar-refractivity contribution in [1.29, 1.82) is 0 Å². The van der Waals surface area contributed by atoms with Crippen molar-refractivity contribution in [1.82, 2.24) is 4.90 Å². The molecule has 0 spiro atoms. The number of hydrogen-bond donors (Lipinski definition) is 0. The van der Waals surface area contributed by atoms with Gasteiger partial charge >= 0.3 is 0 Å². The molecule has 0 aromatic rings. The molecule has 0 bridgehead atoms. The first-order valence-electron chi connectivity index (χ1n) is 3.12. The lowest BCUT2D eigenvalue weighted by Crippen LogP contribution is -2.17. The molecule has 50 valence electrons. The summed E-state index contributed by atoms with van der Waals surface area (Å²) in [5.74, 6) is 0.331. The quantitative estimate of drug-likeness (QED) is 0.516. The van der Waals surface area contributed by atoms with Crippen LogP contribution in [-0.2, 0) is 4.79 Å². The normalized spacial score (nSPS) is 18.8. The highest BCUT2D eigenvalue weighted by Crippen LogP contribution is 2.08. The van der Waals surface area contributed by atoms with E-state index in [0.717, 1.165) is 12.2 Å². The molecule has 9 heavy (non-hydrogen) atoms. The molecular weight excluding hydrogens is 114 g/mol. The van der Waals surface area contributed by atoms with Gasteiger partial charge in [0.15, 0.2) is 5.78 Å². The maximum Gasteiger partial charge on any atom is 0.153 e. The molecule has 0 unspecified atom stereocenters. The standard InChI is InChI=1S/C7H11NO/c1-6(2)8-4-3-7(9)5-8/h1,3-5H2,2H3. The first-order valence-corrected chi connectivity index (χ1v) is 3.12. The average molecular weight is 125 g/mol. The minimum atomic E-state index is 0.331. The van der Waals surface area contributed by atoms with Crippen molar-refractivity contribution in [3.05, 3.63) is 12.3 Å². The largest absolute Gasteiger partial charge is 0.368 e. The monoisotopic (exact) mass is 125 g/mol. The van der Waals surface area contributed by atoms with Gasteiger partial charge in [-0.3, -0.25) is 4.79 Å². The van der Waals surface area contributed by atoms with E-state index in [0.29, 0.717) is 18.7 Å². The van der Waals surface area contributed by atoms with Crippen molar-refractivity contribution >= 4 is 5.78 Å². The maximum absolute atomic E-state index is 10.7. The zero-order valence-electron chi connectivity index (χ0n) is 5.68. The third kappa shape index (κ3) is 1.31. The highest BCUT2D eigenvalue weighted by atomic mass is 16.1. The van der Waals surface area contributed by atoms with E-state index >= 15 is 0 Å². The number of carbonyl (C=O) groups excluding carboxylic acids is 1. The van der Waals surface area contributed by atoms with Crippen LogP contribution in [0.4, 0.5) is 0 Å². The fourth-order valence-corrected chi connectivity index (χ4v) is 0.956. The molecule has 1 rings (SSSR count). The highest BCUT2D eigenvalue weighted by Gasteiger charge is 2.17. The summed E-state index contributed by atoms with van der Waals surface area (Å²) in [7, 11) is 0. The summed E-state index contributed by atoms with van der Waals surface area (Å²) in [4.78, 5) is 12.7. The van der Waals surface area contributed by atoms with Crippen LogP contribution in [0.2, 0.25) is 0 Å². The molecule has 2 nitrogen and oxygen atoms in total. The summed E-state index contributed by atoms with van der Waals surface area (Å²) in [5.41, 5.74) is 1.00. The summed E-state index contributed by atoms with van der Waals surface area (Å²) in [5, 5.41) is 0. The van der Waals surface area contributed by atoms with Crippen molar-refractivity contribution < 1.29 is 4.79 Å². The Hall–Kier alpha value is -0.790. The molecule has 0 radical (unpaired) electrons. The van der Waals surface area contributed by atoms with Crippen LogP contribution in [0.5, 0.6) is 0 Å². The third-order valence-electron chi connectivity index (χ3n) is 1.57. The Labute approximate surface area is 55.2 Å². The van der Waals surface area contributed by atoms with Crippen molar-refractivity contribution in [3.8, 4) is 0 Å². The van der Waals surface area contributed by atoms with Crippen LogP contribution in [0.15, 0.2) is 12.3 Å². The van der Waals surface area contributed by atoms with E-state index < -0.39 is 0 Å². The van der Waals surface area contributed by atoms with Crippen LogP contribution >= 0.6 is 0 Å². The van der Waals surface area contributed by atoms with Crippen LogP contribution in [0.1, 0.15) is 13.3 Å². The summed E-state index contributed by atoms with van der Waals surface area (Å²) in [6.07, 6.45) is 0.701. The number of hydrogen-bond acceptors (Lipinski definition) is 2. The molecule has 0 aliphatic carbocycles. The second-order valence-corrected chi connectivity index (χ2v) is 2.45. The van der Waals surface area contributed by atoms with Crippen molar-refractivity contribution in [2.45, 2.75) is 13.3 Å². The lowest BCUT2D eigenvalue weighted by Gasteiger charge is -2.14. The number of Topliss-reactive ketones (excluding diaryl/α,β-unsaturated/α-hetero) is 1. The van der Waals surface area contributed by atoms with Crippen molar-refractivity contribution in [2.75, 3.05) is 13.1 Å². The van der Waals surface area contributed by atoms with Crippen molar-refractivity contribution in [3.63, 3.8) is 0 Å². The lowest BCUT2D eigenvalue weighted by atomic mass is 10.4. The number of allylic oxidation sites excluding steroid dienone is 1. The van der Waals surface area contributed by atoms with Gasteiger partial charge in [0.2, 0.25) is 0 Å². The molecule has 1 aliphatic rings. The van der Waals surface area contributed by atoms with Crippen LogP contribution < -0.4 is 0 Å². The molecule has 0 aromatic carbocycles. The zero-order chi connectivity index (χ0) is 6.85. The molecule has 1 saturated heterocycles. The second kappa shape index (κ2) is 2.21. The smallest absolute Gasteiger partial charge is 0.153 e. The minimum absolute atomic E-state index is 0.331. The Morgan fingerprint density at radius 3 is 2.67 bits per heavy atom. The summed E-state index contributed by atoms with van der Waals surface area (Å²) >= 11 is 0. The summed E-state index contributed by atoms with van der Waals surface area (Å²) in [6.45, 7) is 7.12. The van der Waals surface area contributed by atoms with E-state index in [2.05, 4.69) is 6.58 Å². The fourth-order valence-electron chi connectivity index (χ4n) is 0.956. The van der Waals surface area contributed by atoms with Gasteiger partial charge in [0.25, 0.3) is 0 Å². The van der Waals surface area contributed by atoms with Gasteiger partial charge in [0.1, 0.15) is 0 Å². The molecule has 0 aromatic heterocycles. The zero-order valence-corrected chi connectivity index (χ0v) is 5.68. The van der Waals surface area contributed by atoms with E-state index in [9.17, 15) is 4.79 Å².